The molecule has 0 saturated carbocycles. The third kappa shape index (κ3) is 9.06. The number of ether oxygens (including phenoxy) is 1. The van der Waals surface area contributed by atoms with Crippen molar-refractivity contribution in [1.82, 2.24) is 10.6 Å². The van der Waals surface area contributed by atoms with Crippen molar-refractivity contribution >= 4 is 28.1 Å². The van der Waals surface area contributed by atoms with Gasteiger partial charge in [0.05, 0.1) is 0 Å². The molecule has 0 rings (SSSR count). The Morgan fingerprint density at radius 1 is 1.50 bits per heavy atom. The summed E-state index contributed by atoms with van der Waals surface area (Å²) in [5.41, 5.74) is 0. The fraction of sp³-hybridized carbons (Fsp3) is 0.900. The zero-order chi connectivity index (χ0) is 12.4. The van der Waals surface area contributed by atoms with Crippen LogP contribution in [0.4, 0.5) is 0 Å². The Morgan fingerprint density at radius 3 is 2.75 bits per heavy atom. The zero-order valence-corrected chi connectivity index (χ0v) is 11.9. The molecular formula is C10H22N2O2S2. The molecule has 4 nitrogen and oxygen atoms in total. The first kappa shape index (κ1) is 15.8. The third-order valence-electron chi connectivity index (χ3n) is 2.07. The molecule has 0 spiro atoms. The SMILES string of the molecule is CCOCCCNC(=S)NCC(C)S(C)=O. The van der Waals surface area contributed by atoms with Crippen molar-refractivity contribution in [3.8, 4) is 0 Å². The average molecular weight is 266 g/mol. The predicted molar refractivity (Wildman–Crippen MR) is 73.2 cm³/mol. The van der Waals surface area contributed by atoms with E-state index in [1.165, 1.54) is 0 Å². The second-order valence-corrected chi connectivity index (χ2v) is 5.71. The van der Waals surface area contributed by atoms with Crippen LogP contribution in [0, 0.1) is 0 Å². The van der Waals surface area contributed by atoms with Gasteiger partial charge in [-0.25, -0.2) is 0 Å². The van der Waals surface area contributed by atoms with Gasteiger partial charge in [-0.15, -0.1) is 0 Å². The van der Waals surface area contributed by atoms with Crippen LogP contribution in [0.15, 0.2) is 0 Å². The smallest absolute Gasteiger partial charge is 0.166 e. The number of thiocarbonyl (C=S) groups is 1. The van der Waals surface area contributed by atoms with Gasteiger partial charge in [0.15, 0.2) is 5.11 Å². The summed E-state index contributed by atoms with van der Waals surface area (Å²) in [6.45, 7) is 6.85. The largest absolute Gasteiger partial charge is 0.382 e. The maximum atomic E-state index is 11.1. The Bertz CT molecular complexity index is 225. The molecule has 6 heteroatoms. The second-order valence-electron chi connectivity index (χ2n) is 3.50. The van der Waals surface area contributed by atoms with Gasteiger partial charge >= 0.3 is 0 Å². The van der Waals surface area contributed by atoms with E-state index >= 15 is 0 Å². The summed E-state index contributed by atoms with van der Waals surface area (Å²) in [5.74, 6) is 0. The quantitative estimate of drug-likeness (QED) is 0.499. The van der Waals surface area contributed by atoms with Gasteiger partial charge in [-0.3, -0.25) is 4.21 Å². The molecule has 0 aromatic carbocycles. The molecule has 0 aromatic rings. The van der Waals surface area contributed by atoms with Gasteiger partial charge in [-0.05, 0) is 32.5 Å². The van der Waals surface area contributed by atoms with Crippen LogP contribution in [0.5, 0.6) is 0 Å². The van der Waals surface area contributed by atoms with Crippen molar-refractivity contribution in [1.29, 1.82) is 0 Å². The monoisotopic (exact) mass is 266 g/mol. The fourth-order valence-corrected chi connectivity index (χ4v) is 1.44. The first-order valence-electron chi connectivity index (χ1n) is 5.49. The minimum atomic E-state index is -0.807. The Balaban J connectivity index is 3.41. The van der Waals surface area contributed by atoms with Gasteiger partial charge < -0.3 is 15.4 Å². The minimum Gasteiger partial charge on any atom is -0.382 e. The summed E-state index contributed by atoms with van der Waals surface area (Å²) in [6, 6.07) is 0. The lowest BCUT2D eigenvalue weighted by atomic mass is 10.4. The Labute approximate surface area is 106 Å². The highest BCUT2D eigenvalue weighted by Gasteiger charge is 2.05. The maximum absolute atomic E-state index is 11.1. The van der Waals surface area contributed by atoms with Crippen LogP contribution in [0.1, 0.15) is 20.3 Å². The number of hydrogen-bond acceptors (Lipinski definition) is 3. The van der Waals surface area contributed by atoms with E-state index in [1.807, 2.05) is 13.8 Å². The van der Waals surface area contributed by atoms with Crippen molar-refractivity contribution in [2.75, 3.05) is 32.6 Å². The van der Waals surface area contributed by atoms with E-state index in [9.17, 15) is 4.21 Å². The number of nitrogens with one attached hydrogen (secondary N) is 2. The molecular weight excluding hydrogens is 244 g/mol. The summed E-state index contributed by atoms with van der Waals surface area (Å²) in [5, 5.41) is 6.85. The van der Waals surface area contributed by atoms with Crippen LogP contribution >= 0.6 is 12.2 Å². The van der Waals surface area contributed by atoms with E-state index in [0.29, 0.717) is 11.7 Å². The van der Waals surface area contributed by atoms with Crippen molar-refractivity contribution in [2.24, 2.45) is 0 Å². The maximum Gasteiger partial charge on any atom is 0.166 e. The molecule has 0 aromatic heterocycles. The highest BCUT2D eigenvalue weighted by Crippen LogP contribution is 1.89. The fourth-order valence-electron chi connectivity index (χ4n) is 0.937. The first-order valence-corrected chi connectivity index (χ1v) is 7.52. The van der Waals surface area contributed by atoms with Crippen molar-refractivity contribution in [3.63, 3.8) is 0 Å². The molecule has 0 aliphatic rings. The Hall–Kier alpha value is -0.200. The molecule has 2 N–H and O–H groups in total. The summed E-state index contributed by atoms with van der Waals surface area (Å²) in [6.07, 6.45) is 2.63. The molecule has 96 valence electrons. The summed E-state index contributed by atoms with van der Waals surface area (Å²) >= 11 is 5.07. The topological polar surface area (TPSA) is 50.4 Å². The molecule has 0 aliphatic heterocycles. The van der Waals surface area contributed by atoms with Gasteiger partial charge in [-0.1, -0.05) is 0 Å². The van der Waals surface area contributed by atoms with Crippen LogP contribution in [-0.4, -0.2) is 47.1 Å². The molecule has 0 amide bonds. The lowest BCUT2D eigenvalue weighted by Crippen LogP contribution is -2.40. The predicted octanol–water partition coefficient (Wildman–Crippen LogP) is 0.644. The third-order valence-corrected chi connectivity index (χ3v) is 3.66. The molecule has 0 fully saturated rings. The van der Waals surface area contributed by atoms with E-state index in [4.69, 9.17) is 17.0 Å². The van der Waals surface area contributed by atoms with E-state index in [-0.39, 0.29) is 5.25 Å². The molecule has 0 aliphatic carbocycles. The van der Waals surface area contributed by atoms with Gasteiger partial charge in [-0.2, -0.15) is 0 Å². The Kier molecular flexibility index (Phi) is 9.86. The van der Waals surface area contributed by atoms with Gasteiger partial charge in [0.1, 0.15) is 0 Å². The Morgan fingerprint density at radius 2 is 2.19 bits per heavy atom. The van der Waals surface area contributed by atoms with Gasteiger partial charge in [0.25, 0.3) is 0 Å². The first-order chi connectivity index (χ1) is 7.57. The van der Waals surface area contributed by atoms with Crippen LogP contribution < -0.4 is 10.6 Å². The summed E-state index contributed by atoms with van der Waals surface area (Å²) in [7, 11) is -0.807. The number of rotatable bonds is 8. The van der Waals surface area contributed by atoms with Gasteiger partial charge in [0.2, 0.25) is 0 Å². The molecule has 0 radical (unpaired) electrons. The molecule has 2 unspecified atom stereocenters. The molecule has 16 heavy (non-hydrogen) atoms. The lowest BCUT2D eigenvalue weighted by Gasteiger charge is -2.13. The highest BCUT2D eigenvalue weighted by atomic mass is 32.2. The molecule has 0 heterocycles. The van der Waals surface area contributed by atoms with Crippen molar-refractivity contribution in [2.45, 2.75) is 25.5 Å². The normalized spacial score (nSPS) is 14.2. The highest BCUT2D eigenvalue weighted by molar-refractivity contribution is 7.84. The van der Waals surface area contributed by atoms with Crippen LogP contribution in [0.25, 0.3) is 0 Å². The molecule has 2 atom stereocenters. The van der Waals surface area contributed by atoms with Crippen LogP contribution in [-0.2, 0) is 15.5 Å². The van der Waals surface area contributed by atoms with E-state index in [0.717, 1.165) is 26.2 Å². The summed E-state index contributed by atoms with van der Waals surface area (Å²) < 4.78 is 16.3. The molecule has 0 bridgehead atoms. The second kappa shape index (κ2) is 9.99. The van der Waals surface area contributed by atoms with Gasteiger partial charge in [0, 0.05) is 48.6 Å². The number of hydrogen-bond donors (Lipinski definition) is 2. The van der Waals surface area contributed by atoms with E-state index in [1.54, 1.807) is 6.26 Å². The van der Waals surface area contributed by atoms with Crippen LogP contribution in [0.2, 0.25) is 0 Å². The van der Waals surface area contributed by atoms with E-state index in [2.05, 4.69) is 10.6 Å². The van der Waals surface area contributed by atoms with Crippen LogP contribution in [0.3, 0.4) is 0 Å². The van der Waals surface area contributed by atoms with Crippen molar-refractivity contribution < 1.29 is 8.95 Å². The standard InChI is InChI=1S/C10H22N2O2S2/c1-4-14-7-5-6-11-10(15)12-8-9(2)16(3)13/h9H,4-8H2,1-3H3,(H2,11,12,15). The average Bonchev–Trinajstić information content (AvgIpc) is 2.25. The lowest BCUT2D eigenvalue weighted by molar-refractivity contribution is 0.145. The minimum absolute atomic E-state index is 0.114. The van der Waals surface area contributed by atoms with E-state index < -0.39 is 10.8 Å². The zero-order valence-electron chi connectivity index (χ0n) is 10.2. The summed E-state index contributed by atoms with van der Waals surface area (Å²) in [4.78, 5) is 0. The van der Waals surface area contributed by atoms with Crippen molar-refractivity contribution in [3.05, 3.63) is 0 Å². The molecule has 0 saturated heterocycles.